The van der Waals surface area contributed by atoms with Crippen LogP contribution in [0.25, 0.3) is 0 Å². The molecular formula is C25H25F5N4O5. The zero-order valence-corrected chi connectivity index (χ0v) is 20.5. The lowest BCUT2D eigenvalue weighted by Crippen LogP contribution is -2.21. The summed E-state index contributed by atoms with van der Waals surface area (Å²) in [6.07, 6.45) is -1.06. The first-order valence-electron chi connectivity index (χ1n) is 11.9. The second kappa shape index (κ2) is 13.1. The molecule has 1 unspecified atom stereocenters. The first kappa shape index (κ1) is 29.5. The Hall–Kier alpha value is -4.10. The van der Waals surface area contributed by atoms with Crippen molar-refractivity contribution in [3.05, 3.63) is 70.6 Å². The summed E-state index contributed by atoms with van der Waals surface area (Å²) in [5.74, 6) is -4.38. The van der Waals surface area contributed by atoms with E-state index in [0.717, 1.165) is 61.9 Å². The minimum absolute atomic E-state index is 0.0836. The summed E-state index contributed by atoms with van der Waals surface area (Å²) < 4.78 is 64.6. The lowest BCUT2D eigenvalue weighted by molar-refractivity contribution is -0.192. The molecule has 1 aliphatic rings. The first-order valence-corrected chi connectivity index (χ1v) is 11.9. The number of carbonyl (C=O) groups is 2. The lowest BCUT2D eigenvalue weighted by Gasteiger charge is -2.17. The molecule has 210 valence electrons. The van der Waals surface area contributed by atoms with Gasteiger partial charge in [-0.3, -0.25) is 4.79 Å². The van der Waals surface area contributed by atoms with Crippen LogP contribution in [0.5, 0.6) is 0 Å². The van der Waals surface area contributed by atoms with E-state index in [1.807, 2.05) is 6.07 Å². The van der Waals surface area contributed by atoms with E-state index < -0.39 is 35.7 Å². The zero-order valence-electron chi connectivity index (χ0n) is 20.5. The van der Waals surface area contributed by atoms with E-state index in [0.29, 0.717) is 12.3 Å². The maximum atomic E-state index is 13.6. The van der Waals surface area contributed by atoms with Crippen LogP contribution in [0.3, 0.4) is 0 Å². The molecule has 0 spiro atoms. The SMILES string of the molecule is O=C(O)C(F)(F)F.O=C(O)CC(Cc1nnc(CCCc2ccc3c(n2)NCCC3)o1)c1cc(F)cc(F)c1. The highest BCUT2D eigenvalue weighted by Crippen LogP contribution is 2.26. The van der Waals surface area contributed by atoms with Gasteiger partial charge in [0, 0.05) is 37.1 Å². The van der Waals surface area contributed by atoms with E-state index >= 15 is 0 Å². The summed E-state index contributed by atoms with van der Waals surface area (Å²) in [6.45, 7) is 0.944. The molecule has 1 aromatic carbocycles. The van der Waals surface area contributed by atoms with Crippen molar-refractivity contribution in [1.82, 2.24) is 15.2 Å². The second-order valence-corrected chi connectivity index (χ2v) is 8.79. The van der Waals surface area contributed by atoms with E-state index in [9.17, 15) is 31.9 Å². The maximum absolute atomic E-state index is 13.6. The molecule has 0 radical (unpaired) electrons. The fourth-order valence-corrected chi connectivity index (χ4v) is 3.94. The van der Waals surface area contributed by atoms with Gasteiger partial charge in [0.25, 0.3) is 0 Å². The van der Waals surface area contributed by atoms with Gasteiger partial charge in [0.15, 0.2) is 0 Å². The number of pyridine rings is 1. The number of aliphatic carboxylic acids is 2. The highest BCUT2D eigenvalue weighted by molar-refractivity contribution is 5.73. The van der Waals surface area contributed by atoms with Crippen LogP contribution in [-0.2, 0) is 35.3 Å². The average molecular weight is 556 g/mol. The monoisotopic (exact) mass is 556 g/mol. The van der Waals surface area contributed by atoms with E-state index in [1.54, 1.807) is 0 Å². The average Bonchev–Trinajstić information content (AvgIpc) is 3.29. The number of nitrogens with one attached hydrogen (secondary N) is 1. The van der Waals surface area contributed by atoms with Crippen molar-refractivity contribution in [2.75, 3.05) is 11.9 Å². The van der Waals surface area contributed by atoms with Crippen LogP contribution in [0.2, 0.25) is 0 Å². The summed E-state index contributed by atoms with van der Waals surface area (Å²) in [6, 6.07) is 7.18. The van der Waals surface area contributed by atoms with Gasteiger partial charge in [0.2, 0.25) is 11.8 Å². The third-order valence-electron chi connectivity index (χ3n) is 5.72. The maximum Gasteiger partial charge on any atom is 0.490 e. The number of carboxylic acids is 2. The highest BCUT2D eigenvalue weighted by atomic mass is 19.4. The number of nitrogens with zero attached hydrogens (tertiary/aromatic N) is 3. The van der Waals surface area contributed by atoms with Crippen LogP contribution in [0.15, 0.2) is 34.7 Å². The van der Waals surface area contributed by atoms with Gasteiger partial charge >= 0.3 is 18.1 Å². The van der Waals surface area contributed by atoms with Gasteiger partial charge in [-0.1, -0.05) is 6.07 Å². The molecule has 0 bridgehead atoms. The van der Waals surface area contributed by atoms with Crippen molar-refractivity contribution in [2.45, 2.75) is 57.0 Å². The lowest BCUT2D eigenvalue weighted by atomic mass is 9.92. The Bertz CT molecular complexity index is 1280. The van der Waals surface area contributed by atoms with E-state index in [-0.39, 0.29) is 24.3 Å². The third-order valence-corrected chi connectivity index (χ3v) is 5.72. The fourth-order valence-electron chi connectivity index (χ4n) is 3.94. The zero-order chi connectivity index (χ0) is 28.6. The Morgan fingerprint density at radius 3 is 2.33 bits per heavy atom. The summed E-state index contributed by atoms with van der Waals surface area (Å²) in [4.78, 5) is 24.8. The Morgan fingerprint density at radius 1 is 1.03 bits per heavy atom. The number of alkyl halides is 3. The number of aromatic nitrogens is 3. The summed E-state index contributed by atoms with van der Waals surface area (Å²) in [5, 5.41) is 27.7. The molecule has 3 heterocycles. The quantitative estimate of drug-likeness (QED) is 0.320. The van der Waals surface area contributed by atoms with Crippen molar-refractivity contribution in [1.29, 1.82) is 0 Å². The van der Waals surface area contributed by atoms with Crippen LogP contribution < -0.4 is 5.32 Å². The van der Waals surface area contributed by atoms with Crippen LogP contribution >= 0.6 is 0 Å². The largest absolute Gasteiger partial charge is 0.490 e. The van der Waals surface area contributed by atoms with Crippen LogP contribution in [0.4, 0.5) is 27.8 Å². The minimum Gasteiger partial charge on any atom is -0.481 e. The molecular weight excluding hydrogens is 531 g/mol. The third kappa shape index (κ3) is 9.30. The van der Waals surface area contributed by atoms with Gasteiger partial charge in [0.1, 0.15) is 17.5 Å². The highest BCUT2D eigenvalue weighted by Gasteiger charge is 2.38. The van der Waals surface area contributed by atoms with Gasteiger partial charge in [-0.15, -0.1) is 10.2 Å². The smallest absolute Gasteiger partial charge is 0.481 e. The fraction of sp³-hybridized carbons (Fsp3) is 0.400. The van der Waals surface area contributed by atoms with Crippen LogP contribution in [0.1, 0.15) is 53.8 Å². The van der Waals surface area contributed by atoms with Crippen LogP contribution in [-0.4, -0.2) is 50.1 Å². The van der Waals surface area contributed by atoms with Gasteiger partial charge in [-0.2, -0.15) is 13.2 Å². The number of halogens is 5. The number of anilines is 1. The molecule has 9 nitrogen and oxygen atoms in total. The van der Waals surface area contributed by atoms with Gasteiger partial charge in [-0.25, -0.2) is 18.6 Å². The number of hydrogen-bond donors (Lipinski definition) is 3. The molecule has 1 aliphatic heterocycles. The van der Waals surface area contributed by atoms with E-state index in [1.165, 1.54) is 5.56 Å². The molecule has 0 saturated carbocycles. The molecule has 3 N–H and O–H groups in total. The number of fused-ring (bicyclic) bond motifs is 1. The second-order valence-electron chi connectivity index (χ2n) is 8.79. The minimum atomic E-state index is -5.08. The first-order chi connectivity index (χ1) is 18.4. The summed E-state index contributed by atoms with van der Waals surface area (Å²) in [7, 11) is 0. The van der Waals surface area contributed by atoms with Crippen molar-refractivity contribution in [3.63, 3.8) is 0 Å². The number of aryl methyl sites for hydroxylation is 3. The molecule has 4 rings (SSSR count). The molecule has 0 fully saturated rings. The number of hydrogen-bond acceptors (Lipinski definition) is 7. The van der Waals surface area contributed by atoms with Crippen molar-refractivity contribution >= 4 is 17.8 Å². The molecule has 0 amide bonds. The molecule has 14 heteroatoms. The number of benzene rings is 1. The Morgan fingerprint density at radius 2 is 1.69 bits per heavy atom. The molecule has 1 atom stereocenters. The Kier molecular flexibility index (Phi) is 9.90. The predicted octanol–water partition coefficient (Wildman–Crippen LogP) is 4.71. The summed E-state index contributed by atoms with van der Waals surface area (Å²) in [5.41, 5.74) is 2.49. The van der Waals surface area contributed by atoms with E-state index in [4.69, 9.17) is 14.3 Å². The molecule has 2 aromatic heterocycles. The van der Waals surface area contributed by atoms with E-state index in [2.05, 4.69) is 26.6 Å². The topological polar surface area (TPSA) is 138 Å². The van der Waals surface area contributed by atoms with Gasteiger partial charge < -0.3 is 19.9 Å². The number of carboxylic acid groups (broad SMARTS) is 2. The van der Waals surface area contributed by atoms with Gasteiger partial charge in [0.05, 0.1) is 6.42 Å². The van der Waals surface area contributed by atoms with Crippen molar-refractivity contribution < 1.29 is 46.2 Å². The van der Waals surface area contributed by atoms with Crippen LogP contribution in [0, 0.1) is 11.6 Å². The van der Waals surface area contributed by atoms with Gasteiger partial charge in [-0.05, 0) is 55.0 Å². The normalized spacial score (nSPS) is 13.5. The standard InChI is InChI=1S/C23H24F2N4O3.C2HF3O2/c24-17-9-15(10-18(25)13-17)16(12-22(30)31)11-21-29-28-20(32-21)5-1-4-19-7-6-14-3-2-8-26-23(14)27-19;3-2(4,5)1(6)7/h6-7,9-10,13,16H,1-5,8,11-12H2,(H,26,27)(H,30,31);(H,6,7). The molecule has 39 heavy (non-hydrogen) atoms. The van der Waals surface area contributed by atoms with Crippen molar-refractivity contribution in [3.8, 4) is 0 Å². The molecule has 0 saturated heterocycles. The number of rotatable bonds is 9. The Balaban J connectivity index is 0.000000532. The molecule has 3 aromatic rings. The van der Waals surface area contributed by atoms with Crippen molar-refractivity contribution in [2.24, 2.45) is 0 Å². The molecule has 0 aliphatic carbocycles. The summed E-state index contributed by atoms with van der Waals surface area (Å²) >= 11 is 0. The predicted molar refractivity (Wildman–Crippen MR) is 126 cm³/mol. The Labute approximate surface area is 219 Å².